The fourth-order valence-electron chi connectivity index (χ4n) is 2.88. The quantitative estimate of drug-likeness (QED) is 0.271. The molecule has 0 radical (unpaired) electrons. The van der Waals surface area contributed by atoms with Gasteiger partial charge in [-0.2, -0.15) is 35.7 Å². The minimum atomic E-state index is -5.01. The number of aromatic nitrogens is 2. The van der Waals surface area contributed by atoms with Crippen LogP contribution in [0.1, 0.15) is 5.56 Å². The van der Waals surface area contributed by atoms with E-state index in [0.717, 1.165) is 23.2 Å². The molecule has 1 aromatic heterocycles. The smallest absolute Gasteiger partial charge is 0.437 e. The summed E-state index contributed by atoms with van der Waals surface area (Å²) in [6.45, 7) is -1.53. The minimum Gasteiger partial charge on any atom is -0.437 e. The molecular weight excluding hydrogens is 558 g/mol. The Morgan fingerprint density at radius 1 is 1.00 bits per heavy atom. The number of nitrogens with zero attached hydrogens (tertiary/aromatic N) is 3. The molecule has 0 aliphatic rings. The summed E-state index contributed by atoms with van der Waals surface area (Å²) in [7, 11) is 0. The number of halogens is 9. The number of rotatable bonds is 10. The third kappa shape index (κ3) is 7.73. The maximum Gasteiger partial charge on any atom is 0.461 e. The summed E-state index contributed by atoms with van der Waals surface area (Å²) in [4.78, 5) is 8.83. The van der Waals surface area contributed by atoms with Crippen LogP contribution in [0, 0.1) is 0 Å². The van der Waals surface area contributed by atoms with E-state index >= 15 is 0 Å². The highest BCUT2D eigenvalue weighted by molar-refractivity contribution is 6.42. The van der Waals surface area contributed by atoms with Gasteiger partial charge in [0.05, 0.1) is 11.6 Å². The Bertz CT molecular complexity index is 1220. The van der Waals surface area contributed by atoms with Crippen molar-refractivity contribution in [1.29, 1.82) is 0 Å². The third-order valence-electron chi connectivity index (χ3n) is 4.58. The maximum absolute atomic E-state index is 13.3. The number of benzene rings is 2. The van der Waals surface area contributed by atoms with Crippen molar-refractivity contribution in [2.24, 2.45) is 0 Å². The zero-order valence-electron chi connectivity index (χ0n) is 18.3. The fraction of sp³-hybridized carbons (Fsp3) is 0.273. The molecule has 1 atom stereocenters. The Balaban J connectivity index is 1.90. The zero-order valence-corrected chi connectivity index (χ0v) is 19.8. The van der Waals surface area contributed by atoms with E-state index in [1.165, 1.54) is 36.4 Å². The number of aliphatic hydroxyl groups is 1. The number of alkyl halides is 7. The van der Waals surface area contributed by atoms with Gasteiger partial charge in [-0.15, -0.1) is 0 Å². The molecule has 3 aromatic rings. The van der Waals surface area contributed by atoms with E-state index in [4.69, 9.17) is 27.9 Å². The lowest BCUT2D eigenvalue weighted by Gasteiger charge is -2.27. The molecule has 0 amide bonds. The number of hydrogen-bond acceptors (Lipinski definition) is 6. The van der Waals surface area contributed by atoms with Gasteiger partial charge in [0.15, 0.2) is 6.10 Å². The largest absolute Gasteiger partial charge is 0.461 e. The van der Waals surface area contributed by atoms with Crippen molar-refractivity contribution >= 4 is 29.2 Å². The molecule has 0 spiro atoms. The van der Waals surface area contributed by atoms with Crippen molar-refractivity contribution in [3.05, 3.63) is 70.3 Å². The van der Waals surface area contributed by atoms with Crippen LogP contribution < -0.4 is 14.4 Å². The molecule has 2 aromatic carbocycles. The Kier molecular flexibility index (Phi) is 8.92. The van der Waals surface area contributed by atoms with E-state index in [1.54, 1.807) is 0 Å². The summed E-state index contributed by atoms with van der Waals surface area (Å²) in [6.07, 6.45) is -15.6. The molecule has 0 aliphatic heterocycles. The Morgan fingerprint density at radius 2 is 1.70 bits per heavy atom. The molecule has 6 nitrogen and oxygen atoms in total. The van der Waals surface area contributed by atoms with Gasteiger partial charge < -0.3 is 19.5 Å². The summed E-state index contributed by atoms with van der Waals surface area (Å²) in [5, 5.41) is 9.86. The standard InChI is InChI=1S/C22H16Cl2F7N3O3/c23-14-5-2-6-15(18(14)24)36-17-7-8-32-20(33-17)34(11-16(35)21(27,28)29)10-12-3-1-4-13(9-12)37-22(30,31)19(25)26/h1-9,16,19,35H,10-11H2. The van der Waals surface area contributed by atoms with Gasteiger partial charge >= 0.3 is 18.7 Å². The summed E-state index contributed by atoms with van der Waals surface area (Å²) in [5.41, 5.74) is 0.0600. The molecule has 0 fully saturated rings. The van der Waals surface area contributed by atoms with Gasteiger partial charge in [-0.1, -0.05) is 41.4 Å². The highest BCUT2D eigenvalue weighted by Crippen LogP contribution is 2.34. The minimum absolute atomic E-state index is 0.0473. The number of anilines is 1. The summed E-state index contributed by atoms with van der Waals surface area (Å²) in [6, 6.07) is 10.1. The van der Waals surface area contributed by atoms with Crippen molar-refractivity contribution in [2.75, 3.05) is 11.4 Å². The monoisotopic (exact) mass is 573 g/mol. The molecule has 0 saturated carbocycles. The second-order valence-electron chi connectivity index (χ2n) is 7.40. The second-order valence-corrected chi connectivity index (χ2v) is 8.18. The van der Waals surface area contributed by atoms with E-state index in [0.29, 0.717) is 0 Å². The van der Waals surface area contributed by atoms with E-state index in [9.17, 15) is 35.8 Å². The first-order valence-corrected chi connectivity index (χ1v) is 10.9. The molecule has 3 rings (SSSR count). The van der Waals surface area contributed by atoms with Gasteiger partial charge in [0.25, 0.3) is 0 Å². The van der Waals surface area contributed by atoms with Crippen molar-refractivity contribution in [3.8, 4) is 17.4 Å². The van der Waals surface area contributed by atoms with Gasteiger partial charge in [-0.25, -0.2) is 4.98 Å². The van der Waals surface area contributed by atoms with E-state index in [1.807, 2.05) is 0 Å². The van der Waals surface area contributed by atoms with Crippen LogP contribution >= 0.6 is 23.2 Å². The Labute approximate surface area is 215 Å². The van der Waals surface area contributed by atoms with Crippen LogP contribution in [0.15, 0.2) is 54.7 Å². The molecule has 0 saturated heterocycles. The highest BCUT2D eigenvalue weighted by Gasteiger charge is 2.44. The third-order valence-corrected chi connectivity index (χ3v) is 5.38. The molecule has 1 unspecified atom stereocenters. The normalized spacial score (nSPS) is 12.9. The first kappa shape index (κ1) is 28.5. The molecule has 15 heteroatoms. The predicted molar refractivity (Wildman–Crippen MR) is 120 cm³/mol. The van der Waals surface area contributed by atoms with Crippen LogP contribution in [0.5, 0.6) is 17.4 Å². The summed E-state index contributed by atoms with van der Waals surface area (Å²) >= 11 is 12.0. The van der Waals surface area contributed by atoms with Crippen LogP contribution in [0.3, 0.4) is 0 Å². The number of aliphatic hydroxyl groups excluding tert-OH is 1. The average Bonchev–Trinajstić information content (AvgIpc) is 2.81. The van der Waals surface area contributed by atoms with Crippen LogP contribution in [0.2, 0.25) is 10.0 Å². The average molecular weight is 574 g/mol. The SMILES string of the molecule is OC(CN(Cc1cccc(OC(F)(F)C(F)F)c1)c1nccc(Oc2cccc(Cl)c2Cl)n1)C(F)(F)F. The Hall–Kier alpha value is -3.03. The van der Waals surface area contributed by atoms with Crippen molar-refractivity contribution in [1.82, 2.24) is 9.97 Å². The van der Waals surface area contributed by atoms with Crippen molar-refractivity contribution in [2.45, 2.75) is 31.4 Å². The molecule has 37 heavy (non-hydrogen) atoms. The maximum atomic E-state index is 13.3. The van der Waals surface area contributed by atoms with Crippen LogP contribution in [-0.4, -0.2) is 46.4 Å². The van der Waals surface area contributed by atoms with Gasteiger partial charge in [0.2, 0.25) is 11.8 Å². The topological polar surface area (TPSA) is 67.7 Å². The fourth-order valence-corrected chi connectivity index (χ4v) is 3.21. The molecule has 1 heterocycles. The van der Waals surface area contributed by atoms with Gasteiger partial charge in [0.1, 0.15) is 16.5 Å². The summed E-state index contributed by atoms with van der Waals surface area (Å²) in [5.74, 6) is -1.06. The molecular formula is C22H16Cl2F7N3O3. The highest BCUT2D eigenvalue weighted by atomic mass is 35.5. The molecule has 200 valence electrons. The van der Waals surface area contributed by atoms with Crippen molar-refractivity contribution in [3.63, 3.8) is 0 Å². The first-order valence-electron chi connectivity index (χ1n) is 10.1. The van der Waals surface area contributed by atoms with E-state index in [-0.39, 0.29) is 33.2 Å². The van der Waals surface area contributed by atoms with Crippen LogP contribution in [0.25, 0.3) is 0 Å². The van der Waals surface area contributed by atoms with Crippen LogP contribution in [-0.2, 0) is 6.54 Å². The van der Waals surface area contributed by atoms with Gasteiger partial charge in [-0.3, -0.25) is 0 Å². The van der Waals surface area contributed by atoms with Gasteiger partial charge in [-0.05, 0) is 29.8 Å². The number of ether oxygens (including phenoxy) is 2. The molecule has 0 aliphatic carbocycles. The summed E-state index contributed by atoms with van der Waals surface area (Å²) < 4.78 is 100. The molecule has 0 bridgehead atoms. The second kappa shape index (κ2) is 11.6. The van der Waals surface area contributed by atoms with Gasteiger partial charge in [0, 0.05) is 18.8 Å². The number of hydrogen-bond donors (Lipinski definition) is 1. The van der Waals surface area contributed by atoms with E-state index in [2.05, 4.69) is 14.7 Å². The molecule has 1 N–H and O–H groups in total. The lowest BCUT2D eigenvalue weighted by molar-refractivity contribution is -0.253. The van der Waals surface area contributed by atoms with E-state index < -0.39 is 43.7 Å². The predicted octanol–water partition coefficient (Wildman–Crippen LogP) is 6.74. The lowest BCUT2D eigenvalue weighted by atomic mass is 10.2. The Morgan fingerprint density at radius 3 is 2.38 bits per heavy atom. The lowest BCUT2D eigenvalue weighted by Crippen LogP contribution is -2.41. The first-order chi connectivity index (χ1) is 17.3. The van der Waals surface area contributed by atoms with Crippen LogP contribution in [0.4, 0.5) is 36.7 Å². The zero-order chi connectivity index (χ0) is 27.4. The van der Waals surface area contributed by atoms with Crippen molar-refractivity contribution < 1.29 is 45.3 Å².